The second-order valence-corrected chi connectivity index (χ2v) is 6.49. The van der Waals surface area contributed by atoms with Crippen molar-refractivity contribution in [3.8, 4) is 0 Å². The highest BCUT2D eigenvalue weighted by Gasteiger charge is 2.53. The van der Waals surface area contributed by atoms with Crippen LogP contribution in [0.25, 0.3) is 0 Å². The van der Waals surface area contributed by atoms with Gasteiger partial charge in [0.15, 0.2) is 0 Å². The first-order valence-electron chi connectivity index (χ1n) is 7.40. The van der Waals surface area contributed by atoms with Gasteiger partial charge in [0, 0.05) is 19.6 Å². The lowest BCUT2D eigenvalue weighted by Gasteiger charge is -2.32. The molecule has 4 heteroatoms. The Labute approximate surface area is 108 Å². The molecule has 2 bridgehead atoms. The van der Waals surface area contributed by atoms with E-state index in [0.29, 0.717) is 0 Å². The molecular weight excluding hydrogens is 224 g/mol. The molecule has 0 aromatic carbocycles. The van der Waals surface area contributed by atoms with Crippen LogP contribution >= 0.6 is 0 Å². The molecule has 18 heavy (non-hydrogen) atoms. The van der Waals surface area contributed by atoms with Crippen molar-refractivity contribution in [2.24, 2.45) is 30.7 Å². The molecule has 3 aliphatic rings. The molecule has 1 aromatic heterocycles. The number of fused-ring (bicyclic) bond motifs is 5. The van der Waals surface area contributed by atoms with Gasteiger partial charge in [-0.25, -0.2) is 0 Å². The number of aromatic nitrogens is 3. The van der Waals surface area contributed by atoms with Gasteiger partial charge >= 0.3 is 0 Å². The predicted molar refractivity (Wildman–Crippen MR) is 68.7 cm³/mol. The first kappa shape index (κ1) is 11.0. The maximum Gasteiger partial charge on any atom is 0.0738 e. The maximum atomic E-state index is 3.99. The van der Waals surface area contributed by atoms with Crippen LogP contribution in [0.2, 0.25) is 0 Å². The van der Waals surface area contributed by atoms with Crippen molar-refractivity contribution in [1.82, 2.24) is 20.3 Å². The molecule has 5 atom stereocenters. The smallest absolute Gasteiger partial charge is 0.0738 e. The summed E-state index contributed by atoms with van der Waals surface area (Å²) in [4.78, 5) is 0. The quantitative estimate of drug-likeness (QED) is 0.883. The van der Waals surface area contributed by atoms with Crippen LogP contribution in [0.3, 0.4) is 0 Å². The third kappa shape index (κ3) is 1.54. The largest absolute Gasteiger partial charge is 0.308 e. The fourth-order valence-corrected chi connectivity index (χ4v) is 5.01. The topological polar surface area (TPSA) is 42.7 Å². The zero-order chi connectivity index (χ0) is 12.1. The van der Waals surface area contributed by atoms with Crippen molar-refractivity contribution in [2.45, 2.75) is 44.7 Å². The third-order valence-corrected chi connectivity index (χ3v) is 5.78. The van der Waals surface area contributed by atoms with E-state index in [0.717, 1.165) is 36.3 Å². The first-order chi connectivity index (χ1) is 8.83. The van der Waals surface area contributed by atoms with E-state index in [2.05, 4.69) is 15.6 Å². The summed E-state index contributed by atoms with van der Waals surface area (Å²) < 4.78 is 1.87. The minimum atomic E-state index is 0.754. The average Bonchev–Trinajstić information content (AvgIpc) is 3.08. The molecule has 3 saturated carbocycles. The van der Waals surface area contributed by atoms with Gasteiger partial charge in [-0.05, 0) is 49.4 Å². The summed E-state index contributed by atoms with van der Waals surface area (Å²) in [7, 11) is 1.97. The molecule has 0 aliphatic heterocycles. The Balaban J connectivity index is 1.41. The average molecular weight is 246 g/mol. The van der Waals surface area contributed by atoms with Gasteiger partial charge in [-0.15, -0.1) is 5.10 Å². The fraction of sp³-hybridized carbons (Fsp3) is 0.857. The van der Waals surface area contributed by atoms with Crippen LogP contribution in [0.4, 0.5) is 0 Å². The normalized spacial score (nSPS) is 41.5. The summed E-state index contributed by atoms with van der Waals surface area (Å²) in [6.45, 7) is 0.925. The molecule has 5 unspecified atom stereocenters. The zero-order valence-corrected chi connectivity index (χ0v) is 11.0. The van der Waals surface area contributed by atoms with Crippen LogP contribution in [-0.4, -0.2) is 21.0 Å². The van der Waals surface area contributed by atoms with Crippen molar-refractivity contribution < 1.29 is 0 Å². The van der Waals surface area contributed by atoms with Crippen molar-refractivity contribution in [3.05, 3.63) is 11.9 Å². The van der Waals surface area contributed by atoms with E-state index in [1.54, 1.807) is 0 Å². The van der Waals surface area contributed by atoms with E-state index in [4.69, 9.17) is 0 Å². The van der Waals surface area contributed by atoms with Crippen molar-refractivity contribution in [2.75, 3.05) is 0 Å². The van der Waals surface area contributed by atoms with E-state index in [1.807, 2.05) is 17.9 Å². The summed E-state index contributed by atoms with van der Waals surface area (Å²) in [6, 6.07) is 0.754. The lowest BCUT2D eigenvalue weighted by Crippen LogP contribution is -2.39. The highest BCUT2D eigenvalue weighted by Crippen LogP contribution is 2.58. The molecule has 4 rings (SSSR count). The number of rotatable bonds is 3. The highest BCUT2D eigenvalue weighted by atomic mass is 15.4. The van der Waals surface area contributed by atoms with Gasteiger partial charge in [0.05, 0.1) is 11.9 Å². The first-order valence-corrected chi connectivity index (χ1v) is 7.40. The summed E-state index contributed by atoms with van der Waals surface area (Å²) in [5.41, 5.74) is 1.20. The van der Waals surface area contributed by atoms with E-state index in [1.165, 1.54) is 37.8 Å². The minimum absolute atomic E-state index is 0.754. The zero-order valence-electron chi connectivity index (χ0n) is 11.0. The molecule has 0 saturated heterocycles. The second-order valence-electron chi connectivity index (χ2n) is 6.49. The lowest BCUT2D eigenvalue weighted by atomic mass is 9.79. The van der Waals surface area contributed by atoms with Crippen molar-refractivity contribution in [1.29, 1.82) is 0 Å². The number of hydrogen-bond donors (Lipinski definition) is 1. The Morgan fingerprint density at radius 1 is 1.28 bits per heavy atom. The SMILES string of the molecule is Cn1nncc1CNC1CC2CC1C1CCCC21. The molecular formula is C14H22N4. The van der Waals surface area contributed by atoms with E-state index >= 15 is 0 Å². The second kappa shape index (κ2) is 4.05. The third-order valence-electron chi connectivity index (χ3n) is 5.78. The number of nitrogens with one attached hydrogen (secondary N) is 1. The number of aryl methyl sites for hydroxylation is 1. The van der Waals surface area contributed by atoms with E-state index in [9.17, 15) is 0 Å². The Morgan fingerprint density at radius 2 is 2.17 bits per heavy atom. The van der Waals surface area contributed by atoms with Gasteiger partial charge in [-0.2, -0.15) is 0 Å². The lowest BCUT2D eigenvalue weighted by molar-refractivity contribution is 0.207. The predicted octanol–water partition coefficient (Wildman–Crippen LogP) is 1.73. The Kier molecular flexibility index (Phi) is 2.47. The van der Waals surface area contributed by atoms with Crippen LogP contribution in [-0.2, 0) is 13.6 Å². The van der Waals surface area contributed by atoms with Crippen LogP contribution in [0.15, 0.2) is 6.20 Å². The molecule has 0 amide bonds. The Bertz CT molecular complexity index is 441. The van der Waals surface area contributed by atoms with E-state index in [-0.39, 0.29) is 0 Å². The van der Waals surface area contributed by atoms with Gasteiger partial charge in [-0.3, -0.25) is 4.68 Å². The minimum Gasteiger partial charge on any atom is -0.308 e. The van der Waals surface area contributed by atoms with Gasteiger partial charge in [0.2, 0.25) is 0 Å². The summed E-state index contributed by atoms with van der Waals surface area (Å²) >= 11 is 0. The summed E-state index contributed by atoms with van der Waals surface area (Å²) in [6.07, 6.45) is 9.29. The van der Waals surface area contributed by atoms with Crippen LogP contribution < -0.4 is 5.32 Å². The van der Waals surface area contributed by atoms with Crippen LogP contribution in [0.1, 0.15) is 37.8 Å². The molecule has 1 aromatic rings. The standard InChI is InChI=1S/C14H22N4/c1-18-10(8-16-17-18)7-15-14-6-9-5-13(14)12-4-2-3-11(9)12/h8-9,11-15H,2-7H2,1H3. The molecule has 3 aliphatic carbocycles. The Morgan fingerprint density at radius 3 is 3.00 bits per heavy atom. The highest BCUT2D eigenvalue weighted by molar-refractivity contribution is 5.06. The number of hydrogen-bond acceptors (Lipinski definition) is 3. The molecule has 0 radical (unpaired) electrons. The van der Waals surface area contributed by atoms with Crippen molar-refractivity contribution in [3.63, 3.8) is 0 Å². The fourth-order valence-electron chi connectivity index (χ4n) is 5.01. The van der Waals surface area contributed by atoms with Crippen LogP contribution in [0, 0.1) is 23.7 Å². The van der Waals surface area contributed by atoms with Gasteiger partial charge in [0.1, 0.15) is 0 Å². The molecule has 3 fully saturated rings. The van der Waals surface area contributed by atoms with Crippen molar-refractivity contribution >= 4 is 0 Å². The molecule has 0 spiro atoms. The monoisotopic (exact) mass is 246 g/mol. The molecule has 4 nitrogen and oxygen atoms in total. The van der Waals surface area contributed by atoms with Gasteiger partial charge in [-0.1, -0.05) is 11.6 Å². The van der Waals surface area contributed by atoms with Gasteiger partial charge in [0.25, 0.3) is 0 Å². The van der Waals surface area contributed by atoms with Gasteiger partial charge < -0.3 is 5.32 Å². The maximum absolute atomic E-state index is 3.99. The van der Waals surface area contributed by atoms with E-state index < -0.39 is 0 Å². The van der Waals surface area contributed by atoms with Crippen LogP contribution in [0.5, 0.6) is 0 Å². The summed E-state index contributed by atoms with van der Waals surface area (Å²) in [5, 5.41) is 11.7. The summed E-state index contributed by atoms with van der Waals surface area (Å²) in [5.74, 6) is 4.13. The number of nitrogens with zero attached hydrogens (tertiary/aromatic N) is 3. The Hall–Kier alpha value is -0.900. The molecule has 98 valence electrons. The molecule has 1 N–H and O–H groups in total. The molecule has 1 heterocycles.